The first-order valence-corrected chi connectivity index (χ1v) is 11.9. The van der Waals surface area contributed by atoms with E-state index in [0.717, 1.165) is 41.1 Å². The highest BCUT2D eigenvalue weighted by atomic mass is 16.5. The molecule has 1 aliphatic rings. The Morgan fingerprint density at radius 2 is 2.06 bits per heavy atom. The molecule has 2 N–H and O–H groups in total. The minimum absolute atomic E-state index is 0.0843. The van der Waals surface area contributed by atoms with E-state index >= 15 is 0 Å². The maximum Gasteiger partial charge on any atom is 0.237 e. The van der Waals surface area contributed by atoms with E-state index in [9.17, 15) is 0 Å². The average Bonchev–Trinajstić information content (AvgIpc) is 3.37. The summed E-state index contributed by atoms with van der Waals surface area (Å²) < 4.78 is 13.7. The van der Waals surface area contributed by atoms with Gasteiger partial charge in [-0.15, -0.1) is 0 Å². The summed E-state index contributed by atoms with van der Waals surface area (Å²) in [5, 5.41) is 20.5. The highest BCUT2D eigenvalue weighted by Crippen LogP contribution is 2.34. The van der Waals surface area contributed by atoms with Crippen LogP contribution in [0.5, 0.6) is 11.6 Å². The van der Waals surface area contributed by atoms with E-state index in [1.165, 1.54) is 5.56 Å². The Balaban J connectivity index is 1.34. The van der Waals surface area contributed by atoms with Crippen LogP contribution in [0.2, 0.25) is 0 Å². The Morgan fingerprint density at radius 3 is 2.81 bits per heavy atom. The summed E-state index contributed by atoms with van der Waals surface area (Å²) in [6.45, 7) is 1.37. The van der Waals surface area contributed by atoms with Crippen LogP contribution in [0, 0.1) is 11.3 Å². The second-order valence-electron chi connectivity index (χ2n) is 8.78. The second kappa shape index (κ2) is 10.5. The summed E-state index contributed by atoms with van der Waals surface area (Å²) in [6, 6.07) is 19.9. The lowest BCUT2D eigenvalue weighted by Gasteiger charge is -2.33. The molecule has 0 bridgehead atoms. The van der Waals surface area contributed by atoms with Gasteiger partial charge in [0.25, 0.3) is 0 Å². The molecule has 4 aromatic rings. The smallest absolute Gasteiger partial charge is 0.237 e. The molecule has 0 amide bonds. The lowest BCUT2D eigenvalue weighted by atomic mass is 9.99. The van der Waals surface area contributed by atoms with Gasteiger partial charge in [-0.1, -0.05) is 24.3 Å². The summed E-state index contributed by atoms with van der Waals surface area (Å²) in [7, 11) is 3.57. The molecule has 8 heteroatoms. The minimum Gasteiger partial charge on any atom is -0.497 e. The number of fused-ring (bicyclic) bond motifs is 1. The largest absolute Gasteiger partial charge is 0.497 e. The summed E-state index contributed by atoms with van der Waals surface area (Å²) in [4.78, 5) is 4.61. The molecule has 8 nitrogen and oxygen atoms in total. The van der Waals surface area contributed by atoms with Crippen LogP contribution in [-0.2, 0) is 13.5 Å². The van der Waals surface area contributed by atoms with Crippen LogP contribution in [0.15, 0.2) is 73.2 Å². The van der Waals surface area contributed by atoms with Crippen molar-refractivity contribution in [2.24, 2.45) is 7.05 Å². The number of anilines is 1. The van der Waals surface area contributed by atoms with Gasteiger partial charge >= 0.3 is 0 Å². The van der Waals surface area contributed by atoms with E-state index in [1.807, 2.05) is 68.1 Å². The fourth-order valence-corrected chi connectivity index (χ4v) is 4.40. The molecule has 2 atom stereocenters. The molecule has 0 radical (unpaired) electrons. The molecular formula is C28H28N6O2. The van der Waals surface area contributed by atoms with Crippen LogP contribution in [0.4, 0.5) is 5.69 Å². The van der Waals surface area contributed by atoms with Crippen molar-refractivity contribution in [1.29, 1.82) is 5.26 Å². The molecule has 2 aromatic heterocycles. The number of nitrogens with one attached hydrogen (secondary N) is 2. The number of hydrogen-bond donors (Lipinski definition) is 2. The van der Waals surface area contributed by atoms with E-state index < -0.39 is 0 Å². The van der Waals surface area contributed by atoms with Gasteiger partial charge in [0.2, 0.25) is 5.88 Å². The Morgan fingerprint density at radius 1 is 1.19 bits per heavy atom. The van der Waals surface area contributed by atoms with Gasteiger partial charge in [0.05, 0.1) is 43.2 Å². The van der Waals surface area contributed by atoms with Crippen LogP contribution in [0.1, 0.15) is 22.7 Å². The van der Waals surface area contributed by atoms with Gasteiger partial charge < -0.3 is 20.1 Å². The van der Waals surface area contributed by atoms with Gasteiger partial charge in [-0.3, -0.25) is 4.68 Å². The van der Waals surface area contributed by atoms with Crippen molar-refractivity contribution in [3.8, 4) is 28.8 Å². The van der Waals surface area contributed by atoms with E-state index in [1.54, 1.807) is 11.8 Å². The van der Waals surface area contributed by atoms with Crippen molar-refractivity contribution >= 4 is 5.69 Å². The number of nitriles is 1. The van der Waals surface area contributed by atoms with E-state index in [4.69, 9.17) is 14.7 Å². The van der Waals surface area contributed by atoms with Gasteiger partial charge in [-0.2, -0.15) is 10.4 Å². The normalized spacial score (nSPS) is 15.2. The van der Waals surface area contributed by atoms with Crippen LogP contribution in [0.25, 0.3) is 11.1 Å². The van der Waals surface area contributed by atoms with Crippen molar-refractivity contribution in [3.63, 3.8) is 0 Å². The molecule has 182 valence electrons. The van der Waals surface area contributed by atoms with Crippen molar-refractivity contribution in [1.82, 2.24) is 20.1 Å². The lowest BCUT2D eigenvalue weighted by Crippen LogP contribution is -2.43. The Hall–Kier alpha value is -4.35. The molecule has 0 spiro atoms. The van der Waals surface area contributed by atoms with Crippen LogP contribution < -0.4 is 20.1 Å². The predicted molar refractivity (Wildman–Crippen MR) is 138 cm³/mol. The van der Waals surface area contributed by atoms with E-state index in [0.29, 0.717) is 18.0 Å². The number of nitrogens with zero attached hydrogens (tertiary/aromatic N) is 4. The maximum atomic E-state index is 9.03. The molecule has 2 aromatic carbocycles. The minimum atomic E-state index is -0.178. The van der Waals surface area contributed by atoms with Crippen LogP contribution >= 0.6 is 0 Å². The lowest BCUT2D eigenvalue weighted by molar-refractivity contribution is 0.150. The van der Waals surface area contributed by atoms with E-state index in [-0.39, 0.29) is 12.1 Å². The highest BCUT2D eigenvalue weighted by molar-refractivity contribution is 5.69. The fourth-order valence-electron chi connectivity index (χ4n) is 4.40. The summed E-state index contributed by atoms with van der Waals surface area (Å²) in [5.41, 5.74) is 5.78. The second-order valence-corrected chi connectivity index (χ2v) is 8.78. The van der Waals surface area contributed by atoms with Gasteiger partial charge in [0, 0.05) is 30.6 Å². The monoisotopic (exact) mass is 480 g/mol. The number of aromatic nitrogens is 3. The molecule has 0 fully saturated rings. The summed E-state index contributed by atoms with van der Waals surface area (Å²) in [6.07, 6.45) is 6.26. The molecule has 3 heterocycles. The van der Waals surface area contributed by atoms with Crippen molar-refractivity contribution in [3.05, 3.63) is 89.9 Å². The molecule has 1 aliphatic heterocycles. The zero-order valence-corrected chi connectivity index (χ0v) is 20.3. The first kappa shape index (κ1) is 23.4. The zero-order chi connectivity index (χ0) is 24.9. The topological polar surface area (TPSA) is 97.0 Å². The third-order valence-corrected chi connectivity index (χ3v) is 6.33. The molecule has 0 saturated carbocycles. The standard InChI is InChI=1S/C28H28N6O2/c1-34-18-23(16-33-34)22-13-25-28(32-15-22)36-26(17-31-25)27(21-4-3-5-24(12-21)35-2)30-11-10-19-6-8-20(14-29)9-7-19/h3-9,12-13,15-16,18,26-27,30-31H,10-11,17H2,1-2H3/t26-,27?/m0/s1. The molecule has 0 saturated heterocycles. The summed E-state index contributed by atoms with van der Waals surface area (Å²) in [5.74, 6) is 1.38. The Labute approximate surface area is 210 Å². The third kappa shape index (κ3) is 5.16. The Bertz CT molecular complexity index is 1380. The average molecular weight is 481 g/mol. The molecule has 1 unspecified atom stereocenters. The maximum absolute atomic E-state index is 9.03. The number of rotatable bonds is 8. The van der Waals surface area contributed by atoms with Gasteiger partial charge in [0.15, 0.2) is 0 Å². The molecule has 0 aliphatic carbocycles. The number of benzene rings is 2. The molecule has 36 heavy (non-hydrogen) atoms. The first-order valence-electron chi connectivity index (χ1n) is 11.9. The number of ether oxygens (including phenoxy) is 2. The number of aryl methyl sites for hydroxylation is 1. The SMILES string of the molecule is COc1cccc(C(NCCc2ccc(C#N)cc2)[C@@H]2CNc3cc(-c4cnn(C)c4)cnc3O2)c1. The third-order valence-electron chi connectivity index (χ3n) is 6.33. The van der Waals surface area contributed by atoms with Gasteiger partial charge in [-0.05, 0) is 54.4 Å². The van der Waals surface area contributed by atoms with E-state index in [2.05, 4.69) is 38.9 Å². The van der Waals surface area contributed by atoms with Crippen molar-refractivity contribution in [2.75, 3.05) is 25.5 Å². The van der Waals surface area contributed by atoms with Crippen molar-refractivity contribution in [2.45, 2.75) is 18.6 Å². The fraction of sp³-hybridized carbons (Fsp3) is 0.250. The predicted octanol–water partition coefficient (Wildman–Crippen LogP) is 4.11. The number of hydrogen-bond acceptors (Lipinski definition) is 7. The van der Waals surface area contributed by atoms with Crippen LogP contribution in [-0.4, -0.2) is 41.1 Å². The number of pyridine rings is 1. The molecular weight excluding hydrogens is 452 g/mol. The molecule has 5 rings (SSSR count). The number of methoxy groups -OCH3 is 1. The van der Waals surface area contributed by atoms with Crippen molar-refractivity contribution < 1.29 is 9.47 Å². The van der Waals surface area contributed by atoms with Crippen LogP contribution in [0.3, 0.4) is 0 Å². The summed E-state index contributed by atoms with van der Waals surface area (Å²) >= 11 is 0. The van der Waals surface area contributed by atoms with Gasteiger partial charge in [-0.25, -0.2) is 4.98 Å². The first-order chi connectivity index (χ1) is 17.6. The Kier molecular flexibility index (Phi) is 6.83. The quantitative estimate of drug-likeness (QED) is 0.392. The van der Waals surface area contributed by atoms with Gasteiger partial charge in [0.1, 0.15) is 11.9 Å². The zero-order valence-electron chi connectivity index (χ0n) is 20.3. The highest BCUT2D eigenvalue weighted by Gasteiger charge is 2.30.